The van der Waals surface area contributed by atoms with E-state index in [-0.39, 0.29) is 17.2 Å². The highest BCUT2D eigenvalue weighted by atomic mass is 16.3. The molecule has 11 nitrogen and oxygen atoms in total. The van der Waals surface area contributed by atoms with Gasteiger partial charge in [0.2, 0.25) is 18.7 Å². The van der Waals surface area contributed by atoms with Crippen LogP contribution in [0.4, 0.5) is 5.69 Å². The standard InChI is InChI=1S/C47H52N4O5.C2H5NO/c1-3-7-39(28-52)51(31-53)46(56)43-24-37-26-49(25-36(37)22-32(43)2)44(55)27-48-20-18-47(19-21-48)29-50(30-47)38-13-10-34(11-14-38)45-41(33-8-5-4-6-9-33)16-12-35-23-40(54)15-17-42(35)45;1-3-2-4/h4-6,8-11,13-15,17,22-24,28,31,39,41,45,54H,3,7,12,16,18-21,25-27,29-30H2,1-2H3;2H,1H3,(H,3,4)/t39?,41-,45+;/m1./s1. The summed E-state index contributed by atoms with van der Waals surface area (Å²) in [6.07, 6.45) is 6.97. The third-order valence-corrected chi connectivity index (χ3v) is 13.2. The molecule has 2 N–H and O–H groups in total. The number of piperidine rings is 1. The van der Waals surface area contributed by atoms with E-state index in [0.29, 0.717) is 68.8 Å². The number of fused-ring (bicyclic) bond motifs is 2. The molecule has 1 unspecified atom stereocenters. The van der Waals surface area contributed by atoms with Gasteiger partial charge in [-0.2, -0.15) is 0 Å². The number of rotatable bonds is 12. The molecular formula is C49H57N5O6. The molecule has 0 radical (unpaired) electrons. The van der Waals surface area contributed by atoms with Crippen LogP contribution < -0.4 is 10.2 Å². The van der Waals surface area contributed by atoms with Gasteiger partial charge in [0.25, 0.3) is 5.91 Å². The number of likely N-dealkylation sites (tertiary alicyclic amines) is 1. The average Bonchev–Trinajstić information content (AvgIpc) is 3.68. The van der Waals surface area contributed by atoms with E-state index in [0.717, 1.165) is 73.5 Å². The van der Waals surface area contributed by atoms with E-state index in [4.69, 9.17) is 4.79 Å². The highest BCUT2D eigenvalue weighted by Gasteiger charge is 2.45. The van der Waals surface area contributed by atoms with Crippen LogP contribution >= 0.6 is 0 Å². The molecule has 3 aliphatic heterocycles. The number of nitrogens with zero attached hydrogens (tertiary/aromatic N) is 4. The second-order valence-corrected chi connectivity index (χ2v) is 17.0. The zero-order chi connectivity index (χ0) is 42.4. The van der Waals surface area contributed by atoms with E-state index in [1.807, 2.05) is 36.9 Å². The van der Waals surface area contributed by atoms with Crippen LogP contribution in [0.2, 0.25) is 0 Å². The molecule has 8 rings (SSSR count). The number of imide groups is 1. The third kappa shape index (κ3) is 8.87. The van der Waals surface area contributed by atoms with Crippen LogP contribution in [0.1, 0.15) is 100 Å². The van der Waals surface area contributed by atoms with Gasteiger partial charge in [-0.3, -0.25) is 29.0 Å². The summed E-state index contributed by atoms with van der Waals surface area (Å²) >= 11 is 0. The van der Waals surface area contributed by atoms with Crippen LogP contribution in [-0.4, -0.2) is 96.5 Å². The highest BCUT2D eigenvalue weighted by molar-refractivity contribution is 6.03. The minimum absolute atomic E-state index is 0.0865. The Kier molecular flexibility index (Phi) is 13.1. The molecule has 11 heteroatoms. The Morgan fingerprint density at radius 2 is 1.58 bits per heavy atom. The number of carbonyl (C=O) groups is 5. The van der Waals surface area contributed by atoms with E-state index < -0.39 is 11.9 Å². The van der Waals surface area contributed by atoms with E-state index >= 15 is 0 Å². The normalized spacial score (nSPS) is 19.4. The van der Waals surface area contributed by atoms with Gasteiger partial charge in [-0.25, -0.2) is 0 Å². The number of phenolic OH excluding ortho intramolecular Hbond substituents is 1. The van der Waals surface area contributed by atoms with Crippen molar-refractivity contribution < 1.29 is 29.1 Å². The van der Waals surface area contributed by atoms with Crippen LogP contribution in [0.15, 0.2) is 84.9 Å². The molecule has 60 heavy (non-hydrogen) atoms. The lowest BCUT2D eigenvalue weighted by atomic mass is 9.69. The first-order valence-electron chi connectivity index (χ1n) is 21.3. The number of aldehydes is 1. The summed E-state index contributed by atoms with van der Waals surface area (Å²) in [4.78, 5) is 67.1. The molecule has 4 aromatic carbocycles. The van der Waals surface area contributed by atoms with Crippen molar-refractivity contribution in [3.8, 4) is 5.75 Å². The highest BCUT2D eigenvalue weighted by Crippen LogP contribution is 2.48. The van der Waals surface area contributed by atoms with Gasteiger partial charge in [0.15, 0.2) is 0 Å². The van der Waals surface area contributed by atoms with Crippen LogP contribution in [-0.2, 0) is 38.7 Å². The summed E-state index contributed by atoms with van der Waals surface area (Å²) in [5.41, 5.74) is 9.83. The van der Waals surface area contributed by atoms with Crippen molar-refractivity contribution in [1.82, 2.24) is 20.0 Å². The van der Waals surface area contributed by atoms with Gasteiger partial charge >= 0.3 is 0 Å². The van der Waals surface area contributed by atoms with E-state index in [1.54, 1.807) is 13.1 Å². The van der Waals surface area contributed by atoms with Gasteiger partial charge in [-0.05, 0) is 127 Å². The molecule has 2 saturated heterocycles. The Morgan fingerprint density at radius 3 is 2.22 bits per heavy atom. The Labute approximate surface area is 353 Å². The minimum atomic E-state index is -0.786. The van der Waals surface area contributed by atoms with Gasteiger partial charge in [-0.15, -0.1) is 0 Å². The van der Waals surface area contributed by atoms with E-state index in [1.165, 1.54) is 27.9 Å². The second kappa shape index (κ2) is 18.6. The van der Waals surface area contributed by atoms with Gasteiger partial charge in [-0.1, -0.05) is 67.9 Å². The van der Waals surface area contributed by atoms with Crippen molar-refractivity contribution >= 4 is 36.6 Å². The van der Waals surface area contributed by atoms with Crippen molar-refractivity contribution in [3.05, 3.63) is 129 Å². The number of carbonyl (C=O) groups excluding carboxylic acids is 5. The Hall–Kier alpha value is -5.81. The van der Waals surface area contributed by atoms with Crippen molar-refractivity contribution in [2.45, 2.75) is 83.3 Å². The van der Waals surface area contributed by atoms with Crippen molar-refractivity contribution in [3.63, 3.8) is 0 Å². The topological polar surface area (TPSA) is 131 Å². The number of hydrogen-bond acceptors (Lipinski definition) is 8. The maximum Gasteiger partial charge on any atom is 0.261 e. The largest absolute Gasteiger partial charge is 0.508 e. The molecule has 3 heterocycles. The summed E-state index contributed by atoms with van der Waals surface area (Å²) in [6, 6.07) is 28.9. The predicted octanol–water partition coefficient (Wildman–Crippen LogP) is 6.34. The molecule has 0 saturated carbocycles. The first-order chi connectivity index (χ1) is 29.1. The SMILES string of the molecule is CCCC(C=O)N(C=O)C(=O)c1cc2c(cc1C)CN(C(=O)CN1CCC3(CC1)CN(c1ccc([C@@H]4c5ccc(O)cc5CC[C@@H]4c4ccccc4)cc1)C3)C2.CNC=O. The van der Waals surface area contributed by atoms with Gasteiger partial charge in [0, 0.05) is 55.8 Å². The molecule has 3 atom stereocenters. The quantitative estimate of drug-likeness (QED) is 0.159. The van der Waals surface area contributed by atoms with Crippen molar-refractivity contribution in [1.29, 1.82) is 0 Å². The lowest BCUT2D eigenvalue weighted by Crippen LogP contribution is -2.61. The number of anilines is 1. The fourth-order valence-corrected chi connectivity index (χ4v) is 9.87. The van der Waals surface area contributed by atoms with Gasteiger partial charge < -0.3 is 25.0 Å². The molecule has 1 spiro atoms. The molecular weight excluding hydrogens is 755 g/mol. The number of nitrogens with one attached hydrogen (secondary N) is 1. The Bertz CT molecular complexity index is 2180. The van der Waals surface area contributed by atoms with Crippen LogP contribution in [0.3, 0.4) is 0 Å². The molecule has 4 aliphatic rings. The molecule has 2 fully saturated rings. The Balaban J connectivity index is 0.00000130. The van der Waals surface area contributed by atoms with Gasteiger partial charge in [0.1, 0.15) is 12.0 Å². The van der Waals surface area contributed by atoms with Crippen LogP contribution in [0.25, 0.3) is 0 Å². The molecule has 0 aromatic heterocycles. The minimum Gasteiger partial charge on any atom is -0.508 e. The first-order valence-corrected chi connectivity index (χ1v) is 21.3. The fraction of sp³-hybridized carbons (Fsp3) is 0.408. The molecule has 4 aromatic rings. The molecule has 4 amide bonds. The second-order valence-electron chi connectivity index (χ2n) is 17.0. The fourth-order valence-electron chi connectivity index (χ4n) is 9.87. The number of aromatic hydroxyl groups is 1. The van der Waals surface area contributed by atoms with Crippen LogP contribution in [0, 0.1) is 12.3 Å². The summed E-state index contributed by atoms with van der Waals surface area (Å²) in [5.74, 6) is 0.559. The van der Waals surface area contributed by atoms with E-state index in [9.17, 15) is 24.3 Å². The van der Waals surface area contributed by atoms with Crippen LogP contribution in [0.5, 0.6) is 5.75 Å². The number of benzene rings is 4. The first kappa shape index (κ1) is 42.3. The van der Waals surface area contributed by atoms with Crippen molar-refractivity contribution in [2.24, 2.45) is 5.41 Å². The number of aryl methyl sites for hydroxylation is 2. The lowest BCUT2D eigenvalue weighted by molar-refractivity contribution is -0.133. The molecule has 314 valence electrons. The predicted molar refractivity (Wildman–Crippen MR) is 232 cm³/mol. The average molecular weight is 812 g/mol. The molecule has 0 bridgehead atoms. The number of phenols is 1. The maximum absolute atomic E-state index is 13.6. The van der Waals surface area contributed by atoms with Crippen molar-refractivity contribution in [2.75, 3.05) is 44.7 Å². The number of hydrogen-bond donors (Lipinski definition) is 2. The smallest absolute Gasteiger partial charge is 0.261 e. The Morgan fingerprint density at radius 1 is 0.900 bits per heavy atom. The summed E-state index contributed by atoms with van der Waals surface area (Å²) < 4.78 is 0. The lowest BCUT2D eigenvalue weighted by Gasteiger charge is -2.55. The zero-order valence-corrected chi connectivity index (χ0v) is 35.0. The summed E-state index contributed by atoms with van der Waals surface area (Å²) in [7, 11) is 1.56. The molecule has 1 aliphatic carbocycles. The third-order valence-electron chi connectivity index (χ3n) is 13.2. The number of amides is 4. The maximum atomic E-state index is 13.6. The zero-order valence-electron chi connectivity index (χ0n) is 35.0. The summed E-state index contributed by atoms with van der Waals surface area (Å²) in [5, 5.41) is 12.5. The monoisotopic (exact) mass is 811 g/mol. The van der Waals surface area contributed by atoms with Gasteiger partial charge in [0.05, 0.1) is 12.6 Å². The van der Waals surface area contributed by atoms with E-state index in [2.05, 4.69) is 75.8 Å². The summed E-state index contributed by atoms with van der Waals surface area (Å²) in [6.45, 7) is 8.90.